The maximum Gasteiger partial charge on any atom is 0.338 e. The standard InChI is InChI=1S/C14H8BrF2NO3/c15-10-5-7(1-3-12(10)17)13(19)18-8-2-4-11(16)9(6-8)14(20)21/h1-6H,(H,18,19)(H,20,21). The van der Waals surface area contributed by atoms with Crippen molar-refractivity contribution in [2.75, 3.05) is 5.32 Å². The summed E-state index contributed by atoms with van der Waals surface area (Å²) in [7, 11) is 0. The Kier molecular flexibility index (Phi) is 4.32. The van der Waals surface area contributed by atoms with Gasteiger partial charge in [0.1, 0.15) is 11.6 Å². The number of carbonyl (C=O) groups is 2. The SMILES string of the molecule is O=C(Nc1ccc(F)c(C(=O)O)c1)c1ccc(F)c(Br)c1. The lowest BCUT2D eigenvalue weighted by Crippen LogP contribution is -2.13. The molecule has 0 spiro atoms. The normalized spacial score (nSPS) is 10.2. The number of hydrogen-bond donors (Lipinski definition) is 2. The predicted octanol–water partition coefficient (Wildman–Crippen LogP) is 3.68. The summed E-state index contributed by atoms with van der Waals surface area (Å²) in [6.07, 6.45) is 0. The summed E-state index contributed by atoms with van der Waals surface area (Å²) in [5, 5.41) is 11.2. The number of carbonyl (C=O) groups excluding carboxylic acids is 1. The van der Waals surface area contributed by atoms with Crippen LogP contribution >= 0.6 is 15.9 Å². The number of anilines is 1. The van der Waals surface area contributed by atoms with Crippen LogP contribution in [0.3, 0.4) is 0 Å². The third kappa shape index (κ3) is 3.43. The Labute approximate surface area is 126 Å². The van der Waals surface area contributed by atoms with Crippen molar-refractivity contribution in [1.29, 1.82) is 0 Å². The molecular formula is C14H8BrF2NO3. The summed E-state index contributed by atoms with van der Waals surface area (Å²) in [4.78, 5) is 22.8. The van der Waals surface area contributed by atoms with E-state index < -0.39 is 29.1 Å². The van der Waals surface area contributed by atoms with Gasteiger partial charge in [-0.2, -0.15) is 0 Å². The highest BCUT2D eigenvalue weighted by molar-refractivity contribution is 9.10. The molecule has 108 valence electrons. The van der Waals surface area contributed by atoms with Crippen molar-refractivity contribution in [2.24, 2.45) is 0 Å². The maximum atomic E-state index is 13.2. The zero-order valence-electron chi connectivity index (χ0n) is 10.4. The predicted molar refractivity (Wildman–Crippen MR) is 75.4 cm³/mol. The van der Waals surface area contributed by atoms with Gasteiger partial charge in [0.05, 0.1) is 10.0 Å². The van der Waals surface area contributed by atoms with E-state index in [1.54, 1.807) is 0 Å². The summed E-state index contributed by atoms with van der Waals surface area (Å²) < 4.78 is 26.5. The molecule has 0 saturated carbocycles. The average molecular weight is 356 g/mol. The molecule has 0 atom stereocenters. The lowest BCUT2D eigenvalue weighted by Gasteiger charge is -2.07. The number of halogens is 3. The van der Waals surface area contributed by atoms with E-state index >= 15 is 0 Å². The van der Waals surface area contributed by atoms with Gasteiger partial charge in [0, 0.05) is 11.3 Å². The first-order chi connectivity index (χ1) is 9.88. The van der Waals surface area contributed by atoms with Gasteiger partial charge < -0.3 is 10.4 Å². The van der Waals surface area contributed by atoms with E-state index in [9.17, 15) is 18.4 Å². The van der Waals surface area contributed by atoms with E-state index in [2.05, 4.69) is 21.2 Å². The fraction of sp³-hybridized carbons (Fsp3) is 0. The van der Waals surface area contributed by atoms with Crippen LogP contribution in [0.4, 0.5) is 14.5 Å². The fourth-order valence-electron chi connectivity index (χ4n) is 1.61. The summed E-state index contributed by atoms with van der Waals surface area (Å²) in [6.45, 7) is 0. The molecule has 0 aliphatic rings. The highest BCUT2D eigenvalue weighted by Crippen LogP contribution is 2.19. The number of rotatable bonds is 3. The van der Waals surface area contributed by atoms with Crippen LogP contribution in [0.15, 0.2) is 40.9 Å². The quantitative estimate of drug-likeness (QED) is 0.882. The molecule has 1 amide bonds. The van der Waals surface area contributed by atoms with Crippen molar-refractivity contribution < 1.29 is 23.5 Å². The van der Waals surface area contributed by atoms with E-state index in [-0.39, 0.29) is 15.7 Å². The van der Waals surface area contributed by atoms with Gasteiger partial charge in [-0.3, -0.25) is 4.79 Å². The molecule has 2 aromatic rings. The largest absolute Gasteiger partial charge is 0.478 e. The van der Waals surface area contributed by atoms with E-state index in [1.165, 1.54) is 18.2 Å². The molecule has 0 aliphatic carbocycles. The highest BCUT2D eigenvalue weighted by Gasteiger charge is 2.13. The smallest absolute Gasteiger partial charge is 0.338 e. The molecule has 0 fully saturated rings. The summed E-state index contributed by atoms with van der Waals surface area (Å²) in [6, 6.07) is 6.86. The van der Waals surface area contributed by atoms with Gasteiger partial charge in [-0.05, 0) is 52.3 Å². The van der Waals surface area contributed by atoms with Gasteiger partial charge in [0.15, 0.2) is 0 Å². The minimum absolute atomic E-state index is 0.124. The molecule has 0 radical (unpaired) electrons. The first-order valence-corrected chi connectivity index (χ1v) is 6.47. The lowest BCUT2D eigenvalue weighted by atomic mass is 10.1. The first-order valence-electron chi connectivity index (χ1n) is 5.67. The second-order valence-corrected chi connectivity index (χ2v) is 4.94. The van der Waals surface area contributed by atoms with E-state index in [0.717, 1.165) is 18.2 Å². The van der Waals surface area contributed by atoms with Gasteiger partial charge in [-0.15, -0.1) is 0 Å². The Morgan fingerprint density at radius 3 is 2.33 bits per heavy atom. The summed E-state index contributed by atoms with van der Waals surface area (Å²) in [5.74, 6) is -3.42. The van der Waals surface area contributed by atoms with Crippen LogP contribution in [0.2, 0.25) is 0 Å². The van der Waals surface area contributed by atoms with Gasteiger partial charge in [0.25, 0.3) is 5.91 Å². The number of amides is 1. The maximum absolute atomic E-state index is 13.2. The Hall–Kier alpha value is -2.28. The van der Waals surface area contributed by atoms with Crippen molar-refractivity contribution in [3.63, 3.8) is 0 Å². The molecule has 21 heavy (non-hydrogen) atoms. The average Bonchev–Trinajstić information content (AvgIpc) is 2.43. The first kappa shape index (κ1) is 15.1. The van der Waals surface area contributed by atoms with Gasteiger partial charge in [0.2, 0.25) is 0 Å². The van der Waals surface area contributed by atoms with Crippen LogP contribution in [0, 0.1) is 11.6 Å². The van der Waals surface area contributed by atoms with Crippen LogP contribution in [-0.4, -0.2) is 17.0 Å². The number of hydrogen-bond acceptors (Lipinski definition) is 2. The molecule has 7 heteroatoms. The summed E-state index contributed by atoms with van der Waals surface area (Å²) >= 11 is 2.96. The second kappa shape index (κ2) is 6.01. The molecule has 0 bridgehead atoms. The molecule has 4 nitrogen and oxygen atoms in total. The van der Waals surface area contributed by atoms with E-state index in [4.69, 9.17) is 5.11 Å². The van der Waals surface area contributed by atoms with E-state index in [0.29, 0.717) is 0 Å². The molecular weight excluding hydrogens is 348 g/mol. The second-order valence-electron chi connectivity index (χ2n) is 4.08. The van der Waals surface area contributed by atoms with Crippen molar-refractivity contribution in [3.8, 4) is 0 Å². The molecule has 0 unspecified atom stereocenters. The summed E-state index contributed by atoms with van der Waals surface area (Å²) in [5.41, 5.74) is -0.253. The van der Waals surface area contributed by atoms with Crippen LogP contribution in [0.25, 0.3) is 0 Å². The van der Waals surface area contributed by atoms with Crippen molar-refractivity contribution in [2.45, 2.75) is 0 Å². The van der Waals surface area contributed by atoms with Gasteiger partial charge in [-0.25, -0.2) is 13.6 Å². The minimum atomic E-state index is -1.44. The molecule has 2 aromatic carbocycles. The number of carboxylic acids is 1. The van der Waals surface area contributed by atoms with Crippen LogP contribution in [-0.2, 0) is 0 Å². The number of aromatic carboxylic acids is 1. The molecule has 0 aliphatic heterocycles. The minimum Gasteiger partial charge on any atom is -0.478 e. The molecule has 0 heterocycles. The molecule has 2 N–H and O–H groups in total. The van der Waals surface area contributed by atoms with Crippen LogP contribution in [0.1, 0.15) is 20.7 Å². The van der Waals surface area contributed by atoms with Crippen LogP contribution < -0.4 is 5.32 Å². The van der Waals surface area contributed by atoms with Crippen molar-refractivity contribution in [3.05, 3.63) is 63.6 Å². The zero-order chi connectivity index (χ0) is 15.6. The van der Waals surface area contributed by atoms with Gasteiger partial charge >= 0.3 is 5.97 Å². The Bertz CT molecular complexity index is 734. The Morgan fingerprint density at radius 1 is 1.05 bits per heavy atom. The monoisotopic (exact) mass is 355 g/mol. The Balaban J connectivity index is 2.25. The number of nitrogens with one attached hydrogen (secondary N) is 1. The third-order valence-corrected chi connectivity index (χ3v) is 3.24. The third-order valence-electron chi connectivity index (χ3n) is 2.64. The van der Waals surface area contributed by atoms with Crippen molar-refractivity contribution >= 4 is 33.5 Å². The molecule has 0 saturated heterocycles. The molecule has 0 aromatic heterocycles. The number of carboxylic acid groups (broad SMARTS) is 1. The van der Waals surface area contributed by atoms with Gasteiger partial charge in [-0.1, -0.05) is 0 Å². The zero-order valence-corrected chi connectivity index (χ0v) is 11.9. The lowest BCUT2D eigenvalue weighted by molar-refractivity contribution is 0.0691. The van der Waals surface area contributed by atoms with Crippen LogP contribution in [0.5, 0.6) is 0 Å². The Morgan fingerprint density at radius 2 is 1.71 bits per heavy atom. The highest BCUT2D eigenvalue weighted by atomic mass is 79.9. The van der Waals surface area contributed by atoms with E-state index in [1.807, 2.05) is 0 Å². The fourth-order valence-corrected chi connectivity index (χ4v) is 1.99. The topological polar surface area (TPSA) is 66.4 Å². The number of benzene rings is 2. The van der Waals surface area contributed by atoms with Crippen molar-refractivity contribution in [1.82, 2.24) is 0 Å². The molecule has 2 rings (SSSR count).